The van der Waals surface area contributed by atoms with Gasteiger partial charge < -0.3 is 9.73 Å². The molecule has 0 bridgehead atoms. The van der Waals surface area contributed by atoms with Crippen LogP contribution in [0.25, 0.3) is 11.1 Å². The number of fused-ring (bicyclic) bond motifs is 1. The zero-order valence-electron chi connectivity index (χ0n) is 11.8. The van der Waals surface area contributed by atoms with E-state index in [4.69, 9.17) is 4.42 Å². The Bertz CT molecular complexity index is 911. The highest BCUT2D eigenvalue weighted by Gasteiger charge is 2.13. The van der Waals surface area contributed by atoms with Crippen molar-refractivity contribution in [1.29, 1.82) is 0 Å². The van der Waals surface area contributed by atoms with E-state index in [2.05, 4.69) is 5.32 Å². The number of halogens is 1. The van der Waals surface area contributed by atoms with Crippen LogP contribution in [0.1, 0.15) is 5.56 Å². The summed E-state index contributed by atoms with van der Waals surface area (Å²) in [7, 11) is 0. The van der Waals surface area contributed by atoms with E-state index >= 15 is 0 Å². The fraction of sp³-hybridized carbons (Fsp3) is 0.125. The summed E-state index contributed by atoms with van der Waals surface area (Å²) in [5, 5.41) is 2.47. The number of hydrogen-bond acceptors (Lipinski definition) is 3. The lowest BCUT2D eigenvalue weighted by atomic mass is 10.2. The molecule has 3 rings (SSSR count). The second-order valence-corrected chi connectivity index (χ2v) is 4.95. The van der Waals surface area contributed by atoms with Gasteiger partial charge in [0.1, 0.15) is 12.4 Å². The number of amides is 1. The maximum Gasteiger partial charge on any atom is 0.420 e. The Morgan fingerprint density at radius 2 is 2.05 bits per heavy atom. The Balaban J connectivity index is 1.86. The maximum atomic E-state index is 13.6. The normalized spacial score (nSPS) is 10.8. The van der Waals surface area contributed by atoms with Gasteiger partial charge in [0.25, 0.3) is 0 Å². The molecule has 0 radical (unpaired) electrons. The van der Waals surface area contributed by atoms with Gasteiger partial charge in [0.15, 0.2) is 5.58 Å². The van der Waals surface area contributed by atoms with Gasteiger partial charge in [-0.05, 0) is 36.8 Å². The first-order chi connectivity index (χ1) is 10.5. The summed E-state index contributed by atoms with van der Waals surface area (Å²) >= 11 is 0. The molecule has 0 fully saturated rings. The summed E-state index contributed by atoms with van der Waals surface area (Å²) in [6.07, 6.45) is 0. The lowest BCUT2D eigenvalue weighted by Crippen LogP contribution is -2.25. The largest absolute Gasteiger partial charge is 0.420 e. The van der Waals surface area contributed by atoms with Crippen LogP contribution in [0.3, 0.4) is 0 Å². The average Bonchev–Trinajstić information content (AvgIpc) is 2.79. The van der Waals surface area contributed by atoms with Crippen LogP contribution < -0.4 is 11.1 Å². The fourth-order valence-corrected chi connectivity index (χ4v) is 2.23. The molecule has 1 aromatic heterocycles. The van der Waals surface area contributed by atoms with Crippen molar-refractivity contribution in [2.45, 2.75) is 13.5 Å². The summed E-state index contributed by atoms with van der Waals surface area (Å²) in [6, 6.07) is 11.2. The van der Waals surface area contributed by atoms with E-state index in [0.29, 0.717) is 11.1 Å². The first-order valence-corrected chi connectivity index (χ1v) is 6.69. The van der Waals surface area contributed by atoms with Gasteiger partial charge >= 0.3 is 5.76 Å². The van der Waals surface area contributed by atoms with Gasteiger partial charge in [-0.15, -0.1) is 0 Å². The molecule has 0 spiro atoms. The standard InChI is InChI=1S/C16H13FN2O3/c1-10-6-7-11(17)12(8-10)18-15(20)9-19-13-4-2-3-5-14(13)22-16(19)21/h2-8H,9H2,1H3,(H,18,20). The molecule has 112 valence electrons. The lowest BCUT2D eigenvalue weighted by molar-refractivity contribution is -0.116. The Labute approximate surface area is 125 Å². The van der Waals surface area contributed by atoms with Crippen LogP contribution in [-0.2, 0) is 11.3 Å². The van der Waals surface area contributed by atoms with Gasteiger partial charge in [-0.1, -0.05) is 18.2 Å². The van der Waals surface area contributed by atoms with Crippen LogP contribution in [0.5, 0.6) is 0 Å². The number of carbonyl (C=O) groups excluding carboxylic acids is 1. The topological polar surface area (TPSA) is 64.2 Å². The van der Waals surface area contributed by atoms with Gasteiger partial charge in [0.05, 0.1) is 11.2 Å². The van der Waals surface area contributed by atoms with Crippen LogP contribution >= 0.6 is 0 Å². The number of rotatable bonds is 3. The van der Waals surface area contributed by atoms with Crippen molar-refractivity contribution in [3.63, 3.8) is 0 Å². The smallest absolute Gasteiger partial charge is 0.408 e. The molecular weight excluding hydrogens is 287 g/mol. The predicted octanol–water partition coefficient (Wildman–Crippen LogP) is 2.68. The van der Waals surface area contributed by atoms with Crippen LogP contribution in [0.4, 0.5) is 10.1 Å². The van der Waals surface area contributed by atoms with Crippen molar-refractivity contribution in [3.8, 4) is 0 Å². The van der Waals surface area contributed by atoms with Crippen molar-refractivity contribution in [1.82, 2.24) is 4.57 Å². The molecule has 1 amide bonds. The number of nitrogens with one attached hydrogen (secondary N) is 1. The Morgan fingerprint density at radius 1 is 1.27 bits per heavy atom. The second kappa shape index (κ2) is 5.48. The minimum atomic E-state index is -0.624. The number of para-hydroxylation sites is 2. The number of nitrogens with zero attached hydrogens (tertiary/aromatic N) is 1. The molecule has 0 aliphatic carbocycles. The highest BCUT2D eigenvalue weighted by molar-refractivity contribution is 5.91. The third-order valence-electron chi connectivity index (χ3n) is 3.27. The van der Waals surface area contributed by atoms with Gasteiger partial charge in [-0.3, -0.25) is 9.36 Å². The number of oxazole rings is 1. The SMILES string of the molecule is Cc1ccc(F)c(NC(=O)Cn2c(=O)oc3ccccc32)c1. The maximum absolute atomic E-state index is 13.6. The minimum absolute atomic E-state index is 0.0887. The highest BCUT2D eigenvalue weighted by atomic mass is 19.1. The van der Waals surface area contributed by atoms with Crippen molar-refractivity contribution < 1.29 is 13.6 Å². The molecule has 0 unspecified atom stereocenters. The Morgan fingerprint density at radius 3 is 2.86 bits per heavy atom. The molecule has 0 aliphatic rings. The van der Waals surface area contributed by atoms with Gasteiger partial charge in [-0.2, -0.15) is 0 Å². The second-order valence-electron chi connectivity index (χ2n) is 4.95. The summed E-state index contributed by atoms with van der Waals surface area (Å²) in [6.45, 7) is 1.55. The molecule has 2 aromatic carbocycles. The van der Waals surface area contributed by atoms with Crippen LogP contribution in [0.2, 0.25) is 0 Å². The van der Waals surface area contributed by atoms with E-state index in [0.717, 1.165) is 5.56 Å². The van der Waals surface area contributed by atoms with Crippen LogP contribution in [0.15, 0.2) is 51.7 Å². The quantitative estimate of drug-likeness (QED) is 0.809. The van der Waals surface area contributed by atoms with E-state index in [1.165, 1.54) is 16.7 Å². The molecular formula is C16H13FN2O3. The number of carbonyl (C=O) groups is 1. The van der Waals surface area contributed by atoms with Gasteiger partial charge in [-0.25, -0.2) is 9.18 Å². The molecule has 3 aromatic rings. The average molecular weight is 300 g/mol. The number of hydrogen-bond donors (Lipinski definition) is 1. The summed E-state index contributed by atoms with van der Waals surface area (Å²) in [5.74, 6) is -1.65. The summed E-state index contributed by atoms with van der Waals surface area (Å²) in [5.41, 5.74) is 1.84. The van der Waals surface area contributed by atoms with E-state index < -0.39 is 17.5 Å². The van der Waals surface area contributed by atoms with Crippen molar-refractivity contribution in [2.24, 2.45) is 0 Å². The molecule has 0 saturated heterocycles. The minimum Gasteiger partial charge on any atom is -0.408 e. The molecule has 1 heterocycles. The highest BCUT2D eigenvalue weighted by Crippen LogP contribution is 2.16. The number of benzene rings is 2. The van der Waals surface area contributed by atoms with Gasteiger partial charge in [0.2, 0.25) is 5.91 Å². The molecule has 1 N–H and O–H groups in total. The first-order valence-electron chi connectivity index (χ1n) is 6.69. The number of aromatic nitrogens is 1. The summed E-state index contributed by atoms with van der Waals surface area (Å²) < 4.78 is 19.9. The fourth-order valence-electron chi connectivity index (χ4n) is 2.23. The third kappa shape index (κ3) is 2.63. The van der Waals surface area contributed by atoms with Crippen molar-refractivity contribution in [3.05, 3.63) is 64.4 Å². The Kier molecular flexibility index (Phi) is 3.50. The zero-order chi connectivity index (χ0) is 15.7. The van der Waals surface area contributed by atoms with E-state index in [1.54, 1.807) is 37.3 Å². The van der Waals surface area contributed by atoms with Crippen LogP contribution in [-0.4, -0.2) is 10.5 Å². The predicted molar refractivity (Wildman–Crippen MR) is 80.2 cm³/mol. The van der Waals surface area contributed by atoms with Crippen molar-refractivity contribution >= 4 is 22.7 Å². The summed E-state index contributed by atoms with van der Waals surface area (Å²) in [4.78, 5) is 23.8. The first kappa shape index (κ1) is 14.1. The molecule has 0 atom stereocenters. The number of aryl methyl sites for hydroxylation is 1. The zero-order valence-corrected chi connectivity index (χ0v) is 11.8. The lowest BCUT2D eigenvalue weighted by Gasteiger charge is -2.07. The van der Waals surface area contributed by atoms with E-state index in [1.807, 2.05) is 0 Å². The van der Waals surface area contributed by atoms with E-state index in [-0.39, 0.29) is 12.2 Å². The van der Waals surface area contributed by atoms with Crippen molar-refractivity contribution in [2.75, 3.05) is 5.32 Å². The molecule has 0 aliphatic heterocycles. The molecule has 5 nitrogen and oxygen atoms in total. The molecule has 6 heteroatoms. The van der Waals surface area contributed by atoms with Gasteiger partial charge in [0, 0.05) is 0 Å². The monoisotopic (exact) mass is 300 g/mol. The Hall–Kier alpha value is -2.89. The van der Waals surface area contributed by atoms with E-state index in [9.17, 15) is 14.0 Å². The third-order valence-corrected chi connectivity index (χ3v) is 3.27. The van der Waals surface area contributed by atoms with Crippen LogP contribution in [0, 0.1) is 12.7 Å². The number of anilines is 1. The molecule has 22 heavy (non-hydrogen) atoms. The molecule has 0 saturated carbocycles.